The summed E-state index contributed by atoms with van der Waals surface area (Å²) in [5.41, 5.74) is 1.24. The molecule has 2 rings (SSSR count). The summed E-state index contributed by atoms with van der Waals surface area (Å²) in [6.45, 7) is 1.71. The Labute approximate surface area is 109 Å². The Morgan fingerprint density at radius 3 is 2.39 bits per heavy atom. The minimum atomic E-state index is -0.542. The fourth-order valence-electron chi connectivity index (χ4n) is 1.63. The fraction of sp³-hybridized carbons (Fsp3) is 0.143. The first-order valence-corrected chi connectivity index (χ1v) is 5.88. The predicted molar refractivity (Wildman–Crippen MR) is 69.9 cm³/mol. The van der Waals surface area contributed by atoms with Crippen LogP contribution in [0.5, 0.6) is 0 Å². The molecule has 0 aliphatic heterocycles. The molecule has 0 saturated heterocycles. The van der Waals surface area contributed by atoms with Crippen LogP contribution in [0, 0.1) is 18.6 Å². The lowest BCUT2D eigenvalue weighted by molar-refractivity contribution is 0.554. The Balaban J connectivity index is 2.15. The van der Waals surface area contributed by atoms with Crippen molar-refractivity contribution in [3.05, 3.63) is 64.2 Å². The maximum absolute atomic E-state index is 13.7. The van der Waals surface area contributed by atoms with Gasteiger partial charge in [0.05, 0.1) is 0 Å². The van der Waals surface area contributed by atoms with Gasteiger partial charge in [0.15, 0.2) is 0 Å². The Morgan fingerprint density at radius 2 is 1.72 bits per heavy atom. The van der Waals surface area contributed by atoms with Crippen molar-refractivity contribution >= 4 is 17.3 Å². The van der Waals surface area contributed by atoms with Crippen molar-refractivity contribution in [3.8, 4) is 0 Å². The first-order chi connectivity index (χ1) is 8.58. The van der Waals surface area contributed by atoms with Crippen molar-refractivity contribution in [2.45, 2.75) is 13.5 Å². The SMILES string of the molecule is Cc1ccc(F)c(CNc2ccc(Cl)cc2)c1F. The zero-order chi connectivity index (χ0) is 13.1. The summed E-state index contributed by atoms with van der Waals surface area (Å²) < 4.78 is 27.2. The number of halogens is 3. The Kier molecular flexibility index (Phi) is 3.82. The first kappa shape index (κ1) is 12.8. The van der Waals surface area contributed by atoms with E-state index in [0.29, 0.717) is 10.6 Å². The number of aryl methyl sites for hydroxylation is 1. The smallest absolute Gasteiger partial charge is 0.134 e. The van der Waals surface area contributed by atoms with E-state index in [-0.39, 0.29) is 12.1 Å². The van der Waals surface area contributed by atoms with Crippen molar-refractivity contribution in [1.82, 2.24) is 0 Å². The lowest BCUT2D eigenvalue weighted by Gasteiger charge is -2.10. The lowest BCUT2D eigenvalue weighted by atomic mass is 10.1. The van der Waals surface area contributed by atoms with Gasteiger partial charge in [-0.25, -0.2) is 8.78 Å². The van der Waals surface area contributed by atoms with Gasteiger partial charge in [0, 0.05) is 22.8 Å². The quantitative estimate of drug-likeness (QED) is 0.861. The second-order valence-electron chi connectivity index (χ2n) is 4.02. The Morgan fingerprint density at radius 1 is 1.06 bits per heavy atom. The van der Waals surface area contributed by atoms with Crippen LogP contribution in [0.1, 0.15) is 11.1 Å². The van der Waals surface area contributed by atoms with Crippen LogP contribution < -0.4 is 5.32 Å². The molecule has 0 aliphatic carbocycles. The van der Waals surface area contributed by atoms with Crippen molar-refractivity contribution in [2.75, 3.05) is 5.32 Å². The monoisotopic (exact) mass is 267 g/mol. The molecule has 0 bridgehead atoms. The Hall–Kier alpha value is -1.61. The van der Waals surface area contributed by atoms with Gasteiger partial charge in [0.1, 0.15) is 11.6 Å². The molecule has 1 nitrogen and oxygen atoms in total. The summed E-state index contributed by atoms with van der Waals surface area (Å²) in [5.74, 6) is -1.05. The molecule has 94 valence electrons. The topological polar surface area (TPSA) is 12.0 Å². The van der Waals surface area contributed by atoms with Gasteiger partial charge in [0.2, 0.25) is 0 Å². The van der Waals surface area contributed by atoms with Crippen molar-refractivity contribution in [1.29, 1.82) is 0 Å². The summed E-state index contributed by atoms with van der Waals surface area (Å²) in [4.78, 5) is 0. The zero-order valence-corrected chi connectivity index (χ0v) is 10.6. The van der Waals surface area contributed by atoms with Gasteiger partial charge in [-0.05, 0) is 42.8 Å². The predicted octanol–water partition coefficient (Wildman–Crippen LogP) is 4.54. The fourth-order valence-corrected chi connectivity index (χ4v) is 1.76. The van der Waals surface area contributed by atoms with Gasteiger partial charge in [0.25, 0.3) is 0 Å². The number of rotatable bonds is 3. The van der Waals surface area contributed by atoms with Crippen LogP contribution in [0.3, 0.4) is 0 Å². The van der Waals surface area contributed by atoms with Gasteiger partial charge in [-0.1, -0.05) is 17.7 Å². The third kappa shape index (κ3) is 2.79. The molecule has 0 saturated carbocycles. The van der Waals surface area contributed by atoms with E-state index in [2.05, 4.69) is 5.32 Å². The third-order valence-electron chi connectivity index (χ3n) is 2.69. The van der Waals surface area contributed by atoms with Gasteiger partial charge >= 0.3 is 0 Å². The van der Waals surface area contributed by atoms with Crippen LogP contribution in [0.2, 0.25) is 5.02 Å². The van der Waals surface area contributed by atoms with Crippen LogP contribution >= 0.6 is 11.6 Å². The van der Waals surface area contributed by atoms with E-state index in [4.69, 9.17) is 11.6 Å². The highest BCUT2D eigenvalue weighted by Crippen LogP contribution is 2.19. The minimum absolute atomic E-state index is 0.0463. The van der Waals surface area contributed by atoms with Gasteiger partial charge < -0.3 is 5.32 Å². The summed E-state index contributed by atoms with van der Waals surface area (Å²) in [6.07, 6.45) is 0. The highest BCUT2D eigenvalue weighted by Gasteiger charge is 2.10. The number of hydrogen-bond donors (Lipinski definition) is 1. The second kappa shape index (κ2) is 5.36. The largest absolute Gasteiger partial charge is 0.381 e. The lowest BCUT2D eigenvalue weighted by Crippen LogP contribution is -2.05. The number of anilines is 1. The van der Waals surface area contributed by atoms with Gasteiger partial charge in [-0.15, -0.1) is 0 Å². The molecule has 2 aromatic rings. The van der Waals surface area contributed by atoms with E-state index >= 15 is 0 Å². The van der Waals surface area contributed by atoms with E-state index in [1.807, 2.05) is 0 Å². The number of benzene rings is 2. The second-order valence-corrected chi connectivity index (χ2v) is 4.45. The van der Waals surface area contributed by atoms with Gasteiger partial charge in [-0.3, -0.25) is 0 Å². The first-order valence-electron chi connectivity index (χ1n) is 5.51. The summed E-state index contributed by atoms with van der Waals surface area (Å²) in [5, 5.41) is 3.58. The molecule has 18 heavy (non-hydrogen) atoms. The molecule has 4 heteroatoms. The highest BCUT2D eigenvalue weighted by molar-refractivity contribution is 6.30. The molecule has 0 heterocycles. The number of nitrogens with one attached hydrogen (secondary N) is 1. The molecular formula is C14H12ClF2N. The average molecular weight is 268 g/mol. The van der Waals surface area contributed by atoms with Crippen molar-refractivity contribution in [2.24, 2.45) is 0 Å². The van der Waals surface area contributed by atoms with Gasteiger partial charge in [-0.2, -0.15) is 0 Å². The molecule has 2 aromatic carbocycles. The zero-order valence-electron chi connectivity index (χ0n) is 9.81. The average Bonchev–Trinajstić information content (AvgIpc) is 2.36. The molecule has 0 radical (unpaired) electrons. The van der Waals surface area contributed by atoms with Crippen LogP contribution in [-0.4, -0.2) is 0 Å². The van der Waals surface area contributed by atoms with Crippen LogP contribution in [-0.2, 0) is 6.54 Å². The molecule has 0 amide bonds. The molecule has 1 N–H and O–H groups in total. The van der Waals surface area contributed by atoms with E-state index in [0.717, 1.165) is 5.69 Å². The van der Waals surface area contributed by atoms with E-state index in [1.54, 1.807) is 31.2 Å². The number of hydrogen-bond acceptors (Lipinski definition) is 1. The molecule has 0 unspecified atom stereocenters. The minimum Gasteiger partial charge on any atom is -0.381 e. The summed E-state index contributed by atoms with van der Waals surface area (Å²) in [7, 11) is 0. The normalized spacial score (nSPS) is 10.4. The van der Waals surface area contributed by atoms with E-state index < -0.39 is 11.6 Å². The maximum Gasteiger partial charge on any atom is 0.134 e. The molecule has 0 spiro atoms. The highest BCUT2D eigenvalue weighted by atomic mass is 35.5. The third-order valence-corrected chi connectivity index (χ3v) is 2.94. The standard InChI is InChI=1S/C14H12ClF2N/c1-9-2-7-13(16)12(14(9)17)8-18-11-5-3-10(15)4-6-11/h2-7,18H,8H2,1H3. The summed E-state index contributed by atoms with van der Waals surface area (Å²) in [6, 6.07) is 9.65. The molecule has 0 fully saturated rings. The van der Waals surface area contributed by atoms with Crippen molar-refractivity contribution in [3.63, 3.8) is 0 Å². The molecule has 0 atom stereocenters. The summed E-state index contributed by atoms with van der Waals surface area (Å²) >= 11 is 5.75. The molecule has 0 aromatic heterocycles. The van der Waals surface area contributed by atoms with Crippen LogP contribution in [0.4, 0.5) is 14.5 Å². The van der Waals surface area contributed by atoms with E-state index in [1.165, 1.54) is 12.1 Å². The molecule has 0 aliphatic rings. The van der Waals surface area contributed by atoms with Crippen LogP contribution in [0.15, 0.2) is 36.4 Å². The van der Waals surface area contributed by atoms with Crippen molar-refractivity contribution < 1.29 is 8.78 Å². The van der Waals surface area contributed by atoms with E-state index in [9.17, 15) is 8.78 Å². The maximum atomic E-state index is 13.7. The Bertz CT molecular complexity index is 552. The molecular weight excluding hydrogens is 256 g/mol. The van der Waals surface area contributed by atoms with Crippen LogP contribution in [0.25, 0.3) is 0 Å².